The van der Waals surface area contributed by atoms with Crippen molar-refractivity contribution in [2.24, 2.45) is 0 Å². The lowest BCUT2D eigenvalue weighted by Crippen LogP contribution is -2.42. The van der Waals surface area contributed by atoms with Crippen molar-refractivity contribution in [1.29, 1.82) is 0 Å². The zero-order valence-electron chi connectivity index (χ0n) is 15.1. The molecule has 3 aromatic rings. The van der Waals surface area contributed by atoms with Crippen molar-refractivity contribution >= 4 is 5.82 Å². The minimum absolute atomic E-state index is 0.194. The molecular weight excluding hydrogens is 328 g/mol. The summed E-state index contributed by atoms with van der Waals surface area (Å²) in [5.74, 6) is 3.51. The summed E-state index contributed by atoms with van der Waals surface area (Å²) >= 11 is 0. The van der Waals surface area contributed by atoms with Crippen LogP contribution in [0.25, 0.3) is 11.6 Å². The second-order valence-corrected chi connectivity index (χ2v) is 7.05. The minimum Gasteiger partial charge on any atom is -0.341 e. The molecule has 1 aliphatic heterocycles. The lowest BCUT2D eigenvalue weighted by atomic mass is 10.0. The van der Waals surface area contributed by atoms with Gasteiger partial charge in [-0.15, -0.1) is 10.2 Å². The van der Waals surface area contributed by atoms with Gasteiger partial charge in [0.05, 0.1) is 12.2 Å². The highest BCUT2D eigenvalue weighted by molar-refractivity contribution is 5.62. The lowest BCUT2D eigenvalue weighted by Gasteiger charge is -2.40. The third-order valence-corrected chi connectivity index (χ3v) is 5.60. The van der Waals surface area contributed by atoms with Gasteiger partial charge in [0.15, 0.2) is 11.6 Å². The Hall–Kier alpha value is -2.77. The van der Waals surface area contributed by atoms with Crippen molar-refractivity contribution in [1.82, 2.24) is 34.3 Å². The van der Waals surface area contributed by atoms with Crippen LogP contribution in [0.3, 0.4) is 0 Å². The standard InChI is InChI=1S/C18H22N8/c1-3-14-17-23-21-11-25(17)15-10-20-18(24-9-8-19-12(24)2)22-16(15)26(14)13-6-4-5-7-13/h8-11,13-14H,3-7H2,1-2H3. The number of hydrogen-bond acceptors (Lipinski definition) is 6. The van der Waals surface area contributed by atoms with Crippen molar-refractivity contribution < 1.29 is 0 Å². The number of aryl methyl sites for hydroxylation is 1. The maximum atomic E-state index is 4.98. The lowest BCUT2D eigenvalue weighted by molar-refractivity contribution is 0.468. The number of rotatable bonds is 3. The van der Waals surface area contributed by atoms with E-state index in [2.05, 4.69) is 32.0 Å². The first kappa shape index (κ1) is 15.5. The number of aromatic nitrogens is 7. The third-order valence-electron chi connectivity index (χ3n) is 5.60. The molecule has 2 aliphatic rings. The molecule has 5 rings (SSSR count). The van der Waals surface area contributed by atoms with E-state index in [1.54, 1.807) is 12.5 Å². The van der Waals surface area contributed by atoms with E-state index in [0.717, 1.165) is 29.6 Å². The molecule has 0 N–H and O–H groups in total. The monoisotopic (exact) mass is 350 g/mol. The molecule has 0 saturated heterocycles. The van der Waals surface area contributed by atoms with E-state index >= 15 is 0 Å². The normalized spacial score (nSPS) is 19.6. The van der Waals surface area contributed by atoms with Crippen LogP contribution in [0.2, 0.25) is 0 Å². The first-order valence-electron chi connectivity index (χ1n) is 9.34. The van der Waals surface area contributed by atoms with Gasteiger partial charge in [0.2, 0.25) is 5.95 Å². The largest absolute Gasteiger partial charge is 0.341 e. The second-order valence-electron chi connectivity index (χ2n) is 7.05. The maximum Gasteiger partial charge on any atom is 0.237 e. The van der Waals surface area contributed by atoms with Crippen molar-refractivity contribution in [2.75, 3.05) is 4.90 Å². The fraction of sp³-hybridized carbons (Fsp3) is 0.500. The summed E-state index contributed by atoms with van der Waals surface area (Å²) in [5.41, 5.74) is 0.961. The summed E-state index contributed by atoms with van der Waals surface area (Å²) < 4.78 is 3.97. The molecule has 0 amide bonds. The van der Waals surface area contributed by atoms with Gasteiger partial charge in [-0.2, -0.15) is 4.98 Å². The Balaban J connectivity index is 1.71. The Bertz CT molecular complexity index is 936. The molecule has 0 bridgehead atoms. The minimum atomic E-state index is 0.194. The molecule has 1 saturated carbocycles. The molecule has 8 heteroatoms. The molecule has 26 heavy (non-hydrogen) atoms. The molecular formula is C18H22N8. The predicted octanol–water partition coefficient (Wildman–Crippen LogP) is 2.77. The summed E-state index contributed by atoms with van der Waals surface area (Å²) in [6.07, 6.45) is 13.3. The van der Waals surface area contributed by atoms with Crippen LogP contribution in [0, 0.1) is 6.92 Å². The van der Waals surface area contributed by atoms with Crippen LogP contribution in [0.1, 0.15) is 56.7 Å². The summed E-state index contributed by atoms with van der Waals surface area (Å²) in [7, 11) is 0. The Morgan fingerprint density at radius 1 is 1.15 bits per heavy atom. The van der Waals surface area contributed by atoms with Gasteiger partial charge < -0.3 is 4.90 Å². The van der Waals surface area contributed by atoms with Gasteiger partial charge in [-0.25, -0.2) is 9.97 Å². The van der Waals surface area contributed by atoms with Crippen LogP contribution in [0.15, 0.2) is 24.9 Å². The van der Waals surface area contributed by atoms with Gasteiger partial charge in [0.1, 0.15) is 17.8 Å². The number of fused-ring (bicyclic) bond motifs is 3. The number of hydrogen-bond donors (Lipinski definition) is 0. The number of anilines is 1. The van der Waals surface area contributed by atoms with E-state index in [1.165, 1.54) is 25.7 Å². The molecule has 0 aromatic carbocycles. The van der Waals surface area contributed by atoms with Crippen molar-refractivity contribution in [3.8, 4) is 11.6 Å². The third kappa shape index (κ3) is 2.17. The maximum absolute atomic E-state index is 4.98. The zero-order valence-corrected chi connectivity index (χ0v) is 15.1. The summed E-state index contributed by atoms with van der Waals surface area (Å²) in [6.45, 7) is 4.17. The van der Waals surface area contributed by atoms with Crippen molar-refractivity contribution in [2.45, 2.75) is 58.0 Å². The fourth-order valence-electron chi connectivity index (χ4n) is 4.34. The Morgan fingerprint density at radius 3 is 2.73 bits per heavy atom. The Kier molecular flexibility index (Phi) is 3.51. The van der Waals surface area contributed by atoms with Crippen LogP contribution < -0.4 is 4.90 Å². The van der Waals surface area contributed by atoms with Gasteiger partial charge in [-0.05, 0) is 26.2 Å². The molecule has 134 valence electrons. The highest BCUT2D eigenvalue weighted by Gasteiger charge is 2.38. The van der Waals surface area contributed by atoms with Gasteiger partial charge in [0, 0.05) is 18.4 Å². The van der Waals surface area contributed by atoms with Crippen LogP contribution in [0.4, 0.5) is 5.82 Å². The summed E-state index contributed by atoms with van der Waals surface area (Å²) in [5, 5.41) is 8.58. The van der Waals surface area contributed by atoms with E-state index < -0.39 is 0 Å². The molecule has 1 atom stereocenters. The van der Waals surface area contributed by atoms with Gasteiger partial charge in [0.25, 0.3) is 0 Å². The SMILES string of the molecule is CCC1c2nncn2-c2cnc(-n3ccnc3C)nc2N1C1CCCC1. The van der Waals surface area contributed by atoms with E-state index in [4.69, 9.17) is 4.98 Å². The first-order chi connectivity index (χ1) is 12.8. The molecule has 0 radical (unpaired) electrons. The first-order valence-corrected chi connectivity index (χ1v) is 9.34. The second kappa shape index (κ2) is 5.89. The molecule has 1 fully saturated rings. The van der Waals surface area contributed by atoms with Crippen molar-refractivity contribution in [3.05, 3.63) is 36.6 Å². The Labute approximate surface area is 151 Å². The zero-order chi connectivity index (χ0) is 17.7. The molecule has 3 aromatic heterocycles. The molecule has 0 spiro atoms. The van der Waals surface area contributed by atoms with E-state index in [0.29, 0.717) is 12.0 Å². The van der Waals surface area contributed by atoms with Gasteiger partial charge in [-0.1, -0.05) is 19.8 Å². The predicted molar refractivity (Wildman–Crippen MR) is 96.6 cm³/mol. The van der Waals surface area contributed by atoms with E-state index in [9.17, 15) is 0 Å². The van der Waals surface area contributed by atoms with Crippen molar-refractivity contribution in [3.63, 3.8) is 0 Å². The van der Waals surface area contributed by atoms with E-state index in [-0.39, 0.29) is 6.04 Å². The van der Waals surface area contributed by atoms with Gasteiger partial charge >= 0.3 is 0 Å². The van der Waals surface area contributed by atoms with E-state index in [1.807, 2.05) is 28.5 Å². The van der Waals surface area contributed by atoms with Gasteiger partial charge in [-0.3, -0.25) is 9.13 Å². The average Bonchev–Trinajstić information content (AvgIpc) is 3.41. The number of nitrogens with zero attached hydrogens (tertiary/aromatic N) is 8. The topological polar surface area (TPSA) is 77.5 Å². The summed E-state index contributed by atoms with van der Waals surface area (Å²) in [4.78, 5) is 16.4. The van der Waals surface area contributed by atoms with Crippen LogP contribution in [0.5, 0.6) is 0 Å². The Morgan fingerprint density at radius 2 is 2.00 bits per heavy atom. The quantitative estimate of drug-likeness (QED) is 0.723. The molecule has 4 heterocycles. The highest BCUT2D eigenvalue weighted by atomic mass is 15.4. The van der Waals surface area contributed by atoms with Crippen LogP contribution in [-0.4, -0.2) is 40.3 Å². The molecule has 1 aliphatic carbocycles. The van der Waals surface area contributed by atoms with Crippen LogP contribution >= 0.6 is 0 Å². The molecule has 8 nitrogen and oxygen atoms in total. The molecule has 1 unspecified atom stereocenters. The average molecular weight is 350 g/mol. The smallest absolute Gasteiger partial charge is 0.237 e. The number of imidazole rings is 1. The highest BCUT2D eigenvalue weighted by Crippen LogP contribution is 2.42. The fourth-order valence-corrected chi connectivity index (χ4v) is 4.34. The summed E-state index contributed by atoms with van der Waals surface area (Å²) in [6, 6.07) is 0.690. The van der Waals surface area contributed by atoms with Crippen LogP contribution in [-0.2, 0) is 0 Å².